The highest BCUT2D eigenvalue weighted by Crippen LogP contribution is 2.33. The normalized spacial score (nSPS) is 12.2. The summed E-state index contributed by atoms with van der Waals surface area (Å²) in [5, 5.41) is 14.5. The lowest BCUT2D eigenvalue weighted by atomic mass is 10.1. The standard InChI is InChI=1S/C24H20Cl2N4O3/c1-33-20-13-17(26)12-19(24(32)28-18-8-6-16(25)7-9-18)21(20)29-23(31)15-4-2-14(3-5-15)22(27)30-10-11-30/h2-9,12-13,27H,10-11H2,1H3,(H,28,32)(H,29,31). The van der Waals surface area contributed by atoms with Crippen molar-refractivity contribution in [1.82, 2.24) is 4.90 Å². The maximum atomic E-state index is 13.0. The number of anilines is 2. The second-order valence-corrected chi connectivity index (χ2v) is 8.23. The summed E-state index contributed by atoms with van der Waals surface area (Å²) in [5.74, 6) is -0.226. The van der Waals surface area contributed by atoms with Gasteiger partial charge in [-0.3, -0.25) is 15.0 Å². The minimum Gasteiger partial charge on any atom is -0.494 e. The monoisotopic (exact) mass is 482 g/mol. The van der Waals surface area contributed by atoms with Crippen molar-refractivity contribution < 1.29 is 14.3 Å². The van der Waals surface area contributed by atoms with Crippen molar-refractivity contribution in [2.45, 2.75) is 0 Å². The van der Waals surface area contributed by atoms with E-state index in [1.54, 1.807) is 48.5 Å². The first-order valence-corrected chi connectivity index (χ1v) is 10.8. The third-order valence-electron chi connectivity index (χ3n) is 5.06. The second-order valence-electron chi connectivity index (χ2n) is 7.36. The highest BCUT2D eigenvalue weighted by molar-refractivity contribution is 6.32. The number of methoxy groups -OCH3 is 1. The summed E-state index contributed by atoms with van der Waals surface area (Å²) in [4.78, 5) is 27.9. The first kappa shape index (κ1) is 22.6. The number of carbonyl (C=O) groups excluding carboxylic acids is 2. The Morgan fingerprint density at radius 1 is 0.879 bits per heavy atom. The molecule has 4 rings (SSSR count). The van der Waals surface area contributed by atoms with Gasteiger partial charge in [0.15, 0.2) is 0 Å². The Balaban J connectivity index is 1.59. The van der Waals surface area contributed by atoms with E-state index in [1.165, 1.54) is 19.2 Å². The van der Waals surface area contributed by atoms with Gasteiger partial charge in [-0.05, 0) is 42.5 Å². The Morgan fingerprint density at radius 2 is 1.52 bits per heavy atom. The van der Waals surface area contributed by atoms with E-state index in [-0.39, 0.29) is 22.0 Å². The van der Waals surface area contributed by atoms with Crippen LogP contribution in [0.2, 0.25) is 10.0 Å². The Bertz CT molecular complexity index is 1220. The average Bonchev–Trinajstić information content (AvgIpc) is 3.66. The van der Waals surface area contributed by atoms with Gasteiger partial charge in [-0.25, -0.2) is 0 Å². The van der Waals surface area contributed by atoms with Gasteiger partial charge in [0.25, 0.3) is 11.8 Å². The molecule has 1 saturated heterocycles. The summed E-state index contributed by atoms with van der Waals surface area (Å²) >= 11 is 12.1. The molecule has 0 aromatic heterocycles. The van der Waals surface area contributed by atoms with Gasteiger partial charge >= 0.3 is 0 Å². The Hall–Kier alpha value is -3.55. The second kappa shape index (κ2) is 9.52. The minimum absolute atomic E-state index is 0.141. The van der Waals surface area contributed by atoms with Gasteiger partial charge in [-0.1, -0.05) is 35.3 Å². The number of amidine groups is 1. The van der Waals surface area contributed by atoms with Crippen LogP contribution in [0.5, 0.6) is 5.75 Å². The smallest absolute Gasteiger partial charge is 0.257 e. The fraction of sp³-hybridized carbons (Fsp3) is 0.125. The zero-order valence-corrected chi connectivity index (χ0v) is 19.1. The largest absolute Gasteiger partial charge is 0.494 e. The summed E-state index contributed by atoms with van der Waals surface area (Å²) in [5.41, 5.74) is 1.97. The molecule has 0 saturated carbocycles. The van der Waals surface area contributed by atoms with E-state index in [2.05, 4.69) is 10.6 Å². The van der Waals surface area contributed by atoms with Crippen LogP contribution in [-0.2, 0) is 0 Å². The quantitative estimate of drug-likeness (QED) is 0.257. The number of hydrogen-bond acceptors (Lipinski definition) is 4. The van der Waals surface area contributed by atoms with Gasteiger partial charge < -0.3 is 20.3 Å². The average molecular weight is 483 g/mol. The van der Waals surface area contributed by atoms with E-state index >= 15 is 0 Å². The van der Waals surface area contributed by atoms with Crippen LogP contribution in [0.3, 0.4) is 0 Å². The molecule has 7 nitrogen and oxygen atoms in total. The van der Waals surface area contributed by atoms with Gasteiger partial charge in [0.2, 0.25) is 0 Å². The number of rotatable bonds is 6. The molecule has 3 aromatic carbocycles. The maximum absolute atomic E-state index is 13.0. The first-order valence-electron chi connectivity index (χ1n) is 10.1. The highest BCUT2D eigenvalue weighted by atomic mass is 35.5. The van der Waals surface area contributed by atoms with Crippen molar-refractivity contribution >= 4 is 52.2 Å². The fourth-order valence-corrected chi connectivity index (χ4v) is 3.54. The number of benzene rings is 3. The van der Waals surface area contributed by atoms with E-state index < -0.39 is 11.8 Å². The number of halogens is 2. The van der Waals surface area contributed by atoms with Gasteiger partial charge in [-0.15, -0.1) is 0 Å². The number of carbonyl (C=O) groups is 2. The third-order valence-corrected chi connectivity index (χ3v) is 5.53. The van der Waals surface area contributed by atoms with Crippen LogP contribution in [0.25, 0.3) is 0 Å². The lowest BCUT2D eigenvalue weighted by Crippen LogP contribution is -2.19. The molecular formula is C24H20Cl2N4O3. The molecule has 1 aliphatic rings. The molecule has 3 N–H and O–H groups in total. The molecule has 0 spiro atoms. The van der Waals surface area contributed by atoms with E-state index in [0.29, 0.717) is 22.1 Å². The van der Waals surface area contributed by atoms with Crippen LogP contribution < -0.4 is 15.4 Å². The zero-order valence-electron chi connectivity index (χ0n) is 17.6. The van der Waals surface area contributed by atoms with Crippen molar-refractivity contribution in [3.8, 4) is 5.75 Å². The molecule has 0 aliphatic carbocycles. The molecule has 0 bridgehead atoms. The highest BCUT2D eigenvalue weighted by Gasteiger charge is 2.23. The topological polar surface area (TPSA) is 94.3 Å². The van der Waals surface area contributed by atoms with Crippen molar-refractivity contribution in [3.05, 3.63) is 87.4 Å². The molecule has 1 fully saturated rings. The minimum atomic E-state index is -0.476. The van der Waals surface area contributed by atoms with Crippen molar-refractivity contribution in [2.75, 3.05) is 30.8 Å². The zero-order chi connectivity index (χ0) is 23.5. The van der Waals surface area contributed by atoms with Crippen LogP contribution in [0.1, 0.15) is 26.3 Å². The summed E-state index contributed by atoms with van der Waals surface area (Å²) in [6, 6.07) is 16.3. The summed E-state index contributed by atoms with van der Waals surface area (Å²) < 4.78 is 5.37. The fourth-order valence-electron chi connectivity index (χ4n) is 3.20. The number of amides is 2. The predicted octanol–water partition coefficient (Wildman–Crippen LogP) is 5.15. The Labute approximate surface area is 200 Å². The van der Waals surface area contributed by atoms with E-state index in [4.69, 9.17) is 33.3 Å². The molecule has 1 aliphatic heterocycles. The van der Waals surface area contributed by atoms with Crippen LogP contribution in [0, 0.1) is 5.41 Å². The van der Waals surface area contributed by atoms with Crippen LogP contribution in [-0.4, -0.2) is 42.7 Å². The summed E-state index contributed by atoms with van der Waals surface area (Å²) in [6.07, 6.45) is 0. The third kappa shape index (κ3) is 5.27. The number of nitrogens with one attached hydrogen (secondary N) is 3. The molecule has 0 radical (unpaired) electrons. The lowest BCUT2D eigenvalue weighted by molar-refractivity contribution is 0.102. The molecule has 2 amide bonds. The van der Waals surface area contributed by atoms with E-state index in [0.717, 1.165) is 18.7 Å². The molecule has 9 heteroatoms. The molecule has 168 valence electrons. The van der Waals surface area contributed by atoms with Gasteiger partial charge in [0.1, 0.15) is 11.6 Å². The van der Waals surface area contributed by atoms with E-state index in [1.807, 2.05) is 4.90 Å². The van der Waals surface area contributed by atoms with Crippen molar-refractivity contribution in [3.63, 3.8) is 0 Å². The molecule has 0 atom stereocenters. The van der Waals surface area contributed by atoms with Gasteiger partial charge in [-0.2, -0.15) is 0 Å². The molecule has 1 heterocycles. The molecule has 0 unspecified atom stereocenters. The number of hydrogen-bond donors (Lipinski definition) is 3. The molecule has 33 heavy (non-hydrogen) atoms. The Morgan fingerprint density at radius 3 is 2.12 bits per heavy atom. The first-order chi connectivity index (χ1) is 15.9. The van der Waals surface area contributed by atoms with Crippen molar-refractivity contribution in [2.24, 2.45) is 0 Å². The van der Waals surface area contributed by atoms with Crippen molar-refractivity contribution in [1.29, 1.82) is 5.41 Å². The maximum Gasteiger partial charge on any atom is 0.257 e. The van der Waals surface area contributed by atoms with E-state index in [9.17, 15) is 9.59 Å². The molecule has 3 aromatic rings. The van der Waals surface area contributed by atoms with Crippen LogP contribution >= 0.6 is 23.2 Å². The summed E-state index contributed by atoms with van der Waals surface area (Å²) in [6.45, 7) is 1.75. The SMILES string of the molecule is COc1cc(Cl)cc(C(=O)Nc2ccc(Cl)cc2)c1NC(=O)c1ccc(C(=N)N2CC2)cc1. The number of ether oxygens (including phenoxy) is 1. The lowest BCUT2D eigenvalue weighted by Gasteiger charge is -2.16. The Kier molecular flexibility index (Phi) is 6.53. The van der Waals surface area contributed by atoms with Gasteiger partial charge in [0, 0.05) is 46.0 Å². The van der Waals surface area contributed by atoms with Crippen LogP contribution in [0.4, 0.5) is 11.4 Å². The summed E-state index contributed by atoms with van der Waals surface area (Å²) in [7, 11) is 1.43. The predicted molar refractivity (Wildman–Crippen MR) is 130 cm³/mol. The molecular weight excluding hydrogens is 463 g/mol. The number of nitrogens with zero attached hydrogens (tertiary/aromatic N) is 1. The van der Waals surface area contributed by atoms with Crippen LogP contribution in [0.15, 0.2) is 60.7 Å². The van der Waals surface area contributed by atoms with Gasteiger partial charge in [0.05, 0.1) is 18.4 Å².